The van der Waals surface area contributed by atoms with Gasteiger partial charge in [-0.05, 0) is 104 Å². The predicted octanol–water partition coefficient (Wildman–Crippen LogP) is 7.65. The van der Waals surface area contributed by atoms with E-state index in [2.05, 4.69) is 20.4 Å². The lowest BCUT2D eigenvalue weighted by atomic mass is 9.99. The smallest absolute Gasteiger partial charge is 0.410 e. The van der Waals surface area contributed by atoms with Gasteiger partial charge in [-0.1, -0.05) is 0 Å². The number of hydrogen-bond donors (Lipinski definition) is 0. The largest absolute Gasteiger partial charge is 0.491 e. The van der Waals surface area contributed by atoms with Crippen molar-refractivity contribution >= 4 is 12.2 Å². The second-order valence-electron chi connectivity index (χ2n) is 15.7. The first-order chi connectivity index (χ1) is 26.7. The summed E-state index contributed by atoms with van der Waals surface area (Å²) in [5, 5.41) is 17.4. The second kappa shape index (κ2) is 17.3. The molecule has 2 fully saturated rings. The van der Waals surface area contributed by atoms with Gasteiger partial charge in [-0.3, -0.25) is 9.80 Å². The van der Waals surface area contributed by atoms with Crippen LogP contribution < -0.4 is 9.47 Å². The molecule has 0 aliphatic carbocycles. The Labute approximate surface area is 326 Å². The quantitative estimate of drug-likeness (QED) is 0.121. The highest BCUT2D eigenvalue weighted by atomic mass is 16.6. The van der Waals surface area contributed by atoms with Gasteiger partial charge in [-0.25, -0.2) is 9.59 Å². The third-order valence-electron chi connectivity index (χ3n) is 9.05. The topological polar surface area (TPSA) is 174 Å². The third-order valence-corrected chi connectivity index (χ3v) is 9.05. The van der Waals surface area contributed by atoms with Crippen molar-refractivity contribution in [1.29, 1.82) is 0 Å². The molecule has 4 aromatic rings. The van der Waals surface area contributed by atoms with Gasteiger partial charge in [0.25, 0.3) is 0 Å². The van der Waals surface area contributed by atoms with Crippen LogP contribution in [-0.2, 0) is 18.9 Å². The molecule has 56 heavy (non-hydrogen) atoms. The van der Waals surface area contributed by atoms with Crippen LogP contribution in [0.4, 0.5) is 9.59 Å². The lowest BCUT2D eigenvalue weighted by Gasteiger charge is -2.27. The number of carbonyl (C=O) groups is 2. The average Bonchev–Trinajstić information content (AvgIpc) is 3.97. The number of amides is 2. The van der Waals surface area contributed by atoms with E-state index in [1.807, 2.05) is 77.9 Å². The Hall–Kier alpha value is -5.22. The van der Waals surface area contributed by atoms with Crippen molar-refractivity contribution in [2.75, 3.05) is 53.7 Å². The SMILES string of the molecule is COCCOc1cc(-c2nnc([C@@H]3CCCN3C(=O)OC(C)(C)C)o2)ccc1-c1ccc(-c2nnc([C@@H]3CCCN3C(=O)OC(C)(C)C)o2)cc1OCCOC. The third kappa shape index (κ3) is 9.77. The molecule has 2 aliphatic heterocycles. The molecule has 0 unspecified atom stereocenters. The first-order valence-electron chi connectivity index (χ1n) is 18.9. The van der Waals surface area contributed by atoms with E-state index < -0.39 is 23.4 Å². The minimum atomic E-state index is -0.626. The zero-order chi connectivity index (χ0) is 40.0. The van der Waals surface area contributed by atoms with Crippen molar-refractivity contribution in [2.45, 2.75) is 90.5 Å². The summed E-state index contributed by atoms with van der Waals surface area (Å²) in [4.78, 5) is 29.2. The Bertz CT molecular complexity index is 1820. The number of aromatic nitrogens is 4. The van der Waals surface area contributed by atoms with Crippen molar-refractivity contribution in [3.63, 3.8) is 0 Å². The van der Waals surface area contributed by atoms with Crippen LogP contribution in [0.25, 0.3) is 34.0 Å². The van der Waals surface area contributed by atoms with Crippen LogP contribution in [0.15, 0.2) is 45.2 Å². The molecule has 0 saturated carbocycles. The Balaban J connectivity index is 1.29. The Morgan fingerprint density at radius 3 is 1.43 bits per heavy atom. The Kier molecular flexibility index (Phi) is 12.5. The van der Waals surface area contributed by atoms with Crippen molar-refractivity contribution in [2.24, 2.45) is 0 Å². The van der Waals surface area contributed by atoms with Gasteiger partial charge in [-0.15, -0.1) is 20.4 Å². The molecule has 16 nitrogen and oxygen atoms in total. The summed E-state index contributed by atoms with van der Waals surface area (Å²) in [6.07, 6.45) is 2.13. The van der Waals surface area contributed by atoms with Gasteiger partial charge < -0.3 is 37.3 Å². The summed E-state index contributed by atoms with van der Waals surface area (Å²) in [6, 6.07) is 10.4. The van der Waals surface area contributed by atoms with Crippen LogP contribution >= 0.6 is 0 Å². The molecule has 6 rings (SSSR count). The fraction of sp³-hybridized carbons (Fsp3) is 0.550. The maximum Gasteiger partial charge on any atom is 0.410 e. The van der Waals surface area contributed by atoms with E-state index >= 15 is 0 Å². The molecular weight excluding hydrogens is 724 g/mol. The summed E-state index contributed by atoms with van der Waals surface area (Å²) in [7, 11) is 3.21. The molecule has 2 aromatic heterocycles. The maximum atomic E-state index is 12.9. The van der Waals surface area contributed by atoms with Gasteiger partial charge >= 0.3 is 12.2 Å². The lowest BCUT2D eigenvalue weighted by molar-refractivity contribution is 0.0194. The number of benzene rings is 2. The van der Waals surface area contributed by atoms with Gasteiger partial charge in [0.05, 0.1) is 13.2 Å². The van der Waals surface area contributed by atoms with Crippen LogP contribution in [0.5, 0.6) is 11.5 Å². The molecule has 4 heterocycles. The maximum absolute atomic E-state index is 12.9. The highest BCUT2D eigenvalue weighted by Gasteiger charge is 2.38. The van der Waals surface area contributed by atoms with Gasteiger partial charge in [0.2, 0.25) is 23.6 Å². The highest BCUT2D eigenvalue weighted by Crippen LogP contribution is 2.42. The van der Waals surface area contributed by atoms with E-state index in [1.165, 1.54) is 0 Å². The summed E-state index contributed by atoms with van der Waals surface area (Å²) in [6.45, 7) is 13.4. The standard InChI is InChI=1S/C40H52N6O10/c1-39(2,3)55-37(47)45-17-9-11-29(45)35-43-41-33(53-35)25-13-15-27(31(23-25)51-21-19-49-7)28-16-14-26(24-32(28)52-22-20-50-8)34-42-44-36(54-34)30-12-10-18-46(30)38(48)56-40(4,5)6/h13-16,23-24,29-30H,9-12,17-22H2,1-8H3/t29-,30-/m0/s1. The lowest BCUT2D eigenvalue weighted by Crippen LogP contribution is -2.36. The van der Waals surface area contributed by atoms with Gasteiger partial charge in [0, 0.05) is 49.6 Å². The van der Waals surface area contributed by atoms with Crippen molar-refractivity contribution in [1.82, 2.24) is 30.2 Å². The molecule has 2 aliphatic rings. The zero-order valence-electron chi connectivity index (χ0n) is 33.5. The van der Waals surface area contributed by atoms with Gasteiger partial charge in [0.1, 0.15) is 48.0 Å². The number of nitrogens with zero attached hydrogens (tertiary/aromatic N) is 6. The fourth-order valence-electron chi connectivity index (χ4n) is 6.56. The van der Waals surface area contributed by atoms with E-state index in [-0.39, 0.29) is 37.1 Å². The van der Waals surface area contributed by atoms with E-state index in [1.54, 1.807) is 24.0 Å². The van der Waals surface area contributed by atoms with E-state index in [9.17, 15) is 9.59 Å². The minimum Gasteiger partial charge on any atom is -0.491 e. The molecule has 0 N–H and O–H groups in total. The molecular formula is C40H52N6O10. The monoisotopic (exact) mass is 776 g/mol. The number of methoxy groups -OCH3 is 2. The van der Waals surface area contributed by atoms with Gasteiger partial charge in [0.15, 0.2) is 0 Å². The molecule has 0 spiro atoms. The number of carbonyl (C=O) groups excluding carboxylic acids is 2. The highest BCUT2D eigenvalue weighted by molar-refractivity contribution is 5.80. The first kappa shape index (κ1) is 40.4. The van der Waals surface area contributed by atoms with E-state index in [0.29, 0.717) is 73.6 Å². The Morgan fingerprint density at radius 2 is 1.05 bits per heavy atom. The van der Waals surface area contributed by atoms with Crippen molar-refractivity contribution in [3.8, 4) is 45.5 Å². The van der Waals surface area contributed by atoms with Crippen LogP contribution in [0.1, 0.15) is 91.1 Å². The fourth-order valence-corrected chi connectivity index (χ4v) is 6.56. The molecule has 2 saturated heterocycles. The minimum absolute atomic E-state index is 0.277. The first-order valence-corrected chi connectivity index (χ1v) is 18.9. The van der Waals surface area contributed by atoms with E-state index in [4.69, 9.17) is 37.3 Å². The molecule has 2 aromatic carbocycles. The molecule has 302 valence electrons. The predicted molar refractivity (Wildman–Crippen MR) is 203 cm³/mol. The van der Waals surface area contributed by atoms with Crippen LogP contribution in [0, 0.1) is 0 Å². The van der Waals surface area contributed by atoms with Gasteiger partial charge in [-0.2, -0.15) is 0 Å². The number of hydrogen-bond acceptors (Lipinski definition) is 14. The number of likely N-dealkylation sites (tertiary alicyclic amines) is 2. The normalized spacial score (nSPS) is 17.4. The summed E-state index contributed by atoms with van der Waals surface area (Å²) in [5.74, 6) is 2.31. The molecule has 2 amide bonds. The Morgan fingerprint density at radius 1 is 0.643 bits per heavy atom. The summed E-state index contributed by atoms with van der Waals surface area (Å²) in [5.41, 5.74) is 1.48. The number of rotatable bonds is 13. The summed E-state index contributed by atoms with van der Waals surface area (Å²) < 4.78 is 46.7. The molecule has 0 bridgehead atoms. The van der Waals surface area contributed by atoms with Crippen LogP contribution in [-0.4, -0.2) is 107 Å². The van der Waals surface area contributed by atoms with Crippen LogP contribution in [0.2, 0.25) is 0 Å². The molecule has 2 atom stereocenters. The van der Waals surface area contributed by atoms with E-state index in [0.717, 1.165) is 24.0 Å². The van der Waals surface area contributed by atoms with Crippen LogP contribution in [0.3, 0.4) is 0 Å². The molecule has 0 radical (unpaired) electrons. The van der Waals surface area contributed by atoms with Crippen molar-refractivity contribution in [3.05, 3.63) is 48.2 Å². The number of ether oxygens (including phenoxy) is 6. The molecule has 16 heteroatoms. The van der Waals surface area contributed by atoms with Crippen molar-refractivity contribution < 1.29 is 46.8 Å². The average molecular weight is 777 g/mol. The second-order valence-corrected chi connectivity index (χ2v) is 15.7. The summed E-state index contributed by atoms with van der Waals surface area (Å²) >= 11 is 0. The zero-order valence-corrected chi connectivity index (χ0v) is 33.5.